The monoisotopic (exact) mass is 264 g/mol. The Hall–Kier alpha value is -1.97. The minimum absolute atomic E-state index is 0.538. The Bertz CT molecular complexity index is 438. The molecule has 0 aliphatic rings. The predicted molar refractivity (Wildman–Crippen MR) is 74.7 cm³/mol. The Morgan fingerprint density at radius 2 is 2.05 bits per heavy atom. The number of aliphatic carboxylic acids is 1. The van der Waals surface area contributed by atoms with Crippen LogP contribution in [0, 0.1) is 0 Å². The molecule has 0 aliphatic carbocycles. The van der Waals surface area contributed by atoms with Gasteiger partial charge in [-0.3, -0.25) is 0 Å². The number of carboxylic acids is 1. The van der Waals surface area contributed by atoms with Gasteiger partial charge in [-0.25, -0.2) is 4.79 Å². The van der Waals surface area contributed by atoms with Crippen molar-refractivity contribution in [3.8, 4) is 11.5 Å². The molecule has 4 nitrogen and oxygen atoms in total. The fourth-order valence-corrected chi connectivity index (χ4v) is 1.51. The van der Waals surface area contributed by atoms with Gasteiger partial charge in [0.25, 0.3) is 0 Å². The molecule has 0 heterocycles. The second kappa shape index (κ2) is 8.19. The summed E-state index contributed by atoms with van der Waals surface area (Å²) in [6, 6.07) is 5.40. The van der Waals surface area contributed by atoms with E-state index in [1.165, 1.54) is 6.08 Å². The van der Waals surface area contributed by atoms with Crippen molar-refractivity contribution in [3.05, 3.63) is 29.8 Å². The first-order chi connectivity index (χ1) is 9.17. The van der Waals surface area contributed by atoms with Crippen molar-refractivity contribution in [3.63, 3.8) is 0 Å². The lowest BCUT2D eigenvalue weighted by Gasteiger charge is -2.12. The number of ether oxygens (including phenoxy) is 2. The summed E-state index contributed by atoms with van der Waals surface area (Å²) >= 11 is 0. The van der Waals surface area contributed by atoms with Gasteiger partial charge in [0.1, 0.15) is 0 Å². The van der Waals surface area contributed by atoms with Crippen LogP contribution in [0.4, 0.5) is 0 Å². The Morgan fingerprint density at radius 3 is 2.68 bits per heavy atom. The first kappa shape index (κ1) is 15.1. The van der Waals surface area contributed by atoms with Crippen molar-refractivity contribution >= 4 is 12.0 Å². The molecular formula is C15H20O4. The van der Waals surface area contributed by atoms with Crippen molar-refractivity contribution in [1.29, 1.82) is 0 Å². The summed E-state index contributed by atoms with van der Waals surface area (Å²) in [5, 5.41) is 8.60. The van der Waals surface area contributed by atoms with Crippen molar-refractivity contribution in [2.75, 3.05) is 13.2 Å². The lowest BCUT2D eigenvalue weighted by Crippen LogP contribution is -2.00. The molecule has 0 fully saturated rings. The summed E-state index contributed by atoms with van der Waals surface area (Å²) < 4.78 is 11.2. The van der Waals surface area contributed by atoms with Gasteiger partial charge in [-0.15, -0.1) is 0 Å². The maximum absolute atomic E-state index is 10.5. The van der Waals surface area contributed by atoms with Crippen molar-refractivity contribution in [2.45, 2.75) is 26.7 Å². The summed E-state index contributed by atoms with van der Waals surface area (Å²) in [4.78, 5) is 10.5. The molecule has 4 heteroatoms. The third-order valence-corrected chi connectivity index (χ3v) is 2.44. The number of carboxylic acid groups (broad SMARTS) is 1. The van der Waals surface area contributed by atoms with Gasteiger partial charge in [0, 0.05) is 6.08 Å². The standard InChI is InChI=1S/C15H20O4/c1-3-5-10-19-13-8-6-12(7-9-15(16)17)11-14(13)18-4-2/h6-9,11H,3-5,10H2,1-2H3,(H,16,17). The number of benzene rings is 1. The minimum Gasteiger partial charge on any atom is -0.490 e. The molecule has 1 aromatic rings. The lowest BCUT2D eigenvalue weighted by molar-refractivity contribution is -0.131. The van der Waals surface area contributed by atoms with Crippen LogP contribution in [0.15, 0.2) is 24.3 Å². The molecule has 0 atom stereocenters. The molecule has 0 saturated heterocycles. The molecule has 0 bridgehead atoms. The van der Waals surface area contributed by atoms with Gasteiger partial charge in [0.15, 0.2) is 11.5 Å². The predicted octanol–water partition coefficient (Wildman–Crippen LogP) is 3.36. The summed E-state index contributed by atoms with van der Waals surface area (Å²) in [5.41, 5.74) is 0.772. The first-order valence-electron chi connectivity index (χ1n) is 6.48. The van der Waals surface area contributed by atoms with Crippen LogP contribution in [-0.2, 0) is 4.79 Å². The molecule has 0 saturated carbocycles. The quantitative estimate of drug-likeness (QED) is 0.578. The van der Waals surface area contributed by atoms with Gasteiger partial charge in [-0.05, 0) is 37.1 Å². The molecule has 104 valence electrons. The highest BCUT2D eigenvalue weighted by molar-refractivity contribution is 5.85. The van der Waals surface area contributed by atoms with Gasteiger partial charge >= 0.3 is 5.97 Å². The fourth-order valence-electron chi connectivity index (χ4n) is 1.51. The van der Waals surface area contributed by atoms with Gasteiger partial charge < -0.3 is 14.6 Å². The van der Waals surface area contributed by atoms with Gasteiger partial charge in [0.2, 0.25) is 0 Å². The van der Waals surface area contributed by atoms with Crippen LogP contribution in [0.2, 0.25) is 0 Å². The van der Waals surface area contributed by atoms with E-state index in [2.05, 4.69) is 6.92 Å². The molecule has 1 N–H and O–H groups in total. The number of rotatable bonds is 8. The number of hydrogen-bond donors (Lipinski definition) is 1. The SMILES string of the molecule is CCCCOc1ccc(C=CC(=O)O)cc1OCC. The van der Waals surface area contributed by atoms with E-state index in [1.807, 2.05) is 19.1 Å². The Morgan fingerprint density at radius 1 is 1.26 bits per heavy atom. The lowest BCUT2D eigenvalue weighted by atomic mass is 10.2. The van der Waals surface area contributed by atoms with Gasteiger partial charge in [-0.1, -0.05) is 19.4 Å². The maximum atomic E-state index is 10.5. The third kappa shape index (κ3) is 5.46. The number of hydrogen-bond acceptors (Lipinski definition) is 3. The zero-order chi connectivity index (χ0) is 14.1. The smallest absolute Gasteiger partial charge is 0.328 e. The molecule has 0 aliphatic heterocycles. The highest BCUT2D eigenvalue weighted by atomic mass is 16.5. The summed E-state index contributed by atoms with van der Waals surface area (Å²) in [5.74, 6) is 0.371. The van der Waals surface area contributed by atoms with Gasteiger partial charge in [0.05, 0.1) is 13.2 Å². The van der Waals surface area contributed by atoms with Crippen LogP contribution >= 0.6 is 0 Å². The van der Waals surface area contributed by atoms with E-state index in [4.69, 9.17) is 14.6 Å². The van der Waals surface area contributed by atoms with E-state index in [1.54, 1.807) is 6.07 Å². The normalized spacial score (nSPS) is 10.6. The van der Waals surface area contributed by atoms with Crippen LogP contribution < -0.4 is 9.47 Å². The molecule has 0 amide bonds. The summed E-state index contributed by atoms with van der Waals surface area (Å²) in [6.45, 7) is 5.19. The average Bonchev–Trinajstić information content (AvgIpc) is 2.39. The van der Waals surface area contributed by atoms with E-state index in [9.17, 15) is 4.79 Å². The molecule has 0 unspecified atom stereocenters. The van der Waals surface area contributed by atoms with E-state index < -0.39 is 5.97 Å². The van der Waals surface area contributed by atoms with Crippen LogP contribution in [0.3, 0.4) is 0 Å². The number of carbonyl (C=O) groups is 1. The van der Waals surface area contributed by atoms with Crippen LogP contribution in [0.25, 0.3) is 6.08 Å². The molecule has 19 heavy (non-hydrogen) atoms. The zero-order valence-electron chi connectivity index (χ0n) is 11.4. The molecule has 1 aromatic carbocycles. The van der Waals surface area contributed by atoms with E-state index >= 15 is 0 Å². The zero-order valence-corrected chi connectivity index (χ0v) is 11.4. The molecule has 0 radical (unpaired) electrons. The van der Waals surface area contributed by atoms with Crippen molar-refractivity contribution < 1.29 is 19.4 Å². The van der Waals surface area contributed by atoms with Crippen LogP contribution in [0.5, 0.6) is 11.5 Å². The van der Waals surface area contributed by atoms with Crippen molar-refractivity contribution in [2.24, 2.45) is 0 Å². The highest BCUT2D eigenvalue weighted by Crippen LogP contribution is 2.29. The van der Waals surface area contributed by atoms with Crippen LogP contribution in [0.1, 0.15) is 32.3 Å². The van der Waals surface area contributed by atoms with Gasteiger partial charge in [-0.2, -0.15) is 0 Å². The molecular weight excluding hydrogens is 244 g/mol. The maximum Gasteiger partial charge on any atom is 0.328 e. The van der Waals surface area contributed by atoms with Crippen LogP contribution in [-0.4, -0.2) is 24.3 Å². The van der Waals surface area contributed by atoms with E-state index in [0.29, 0.717) is 24.7 Å². The number of unbranched alkanes of at least 4 members (excludes halogenated alkanes) is 1. The minimum atomic E-state index is -0.971. The third-order valence-electron chi connectivity index (χ3n) is 2.44. The largest absolute Gasteiger partial charge is 0.490 e. The Kier molecular flexibility index (Phi) is 6.50. The second-order valence-corrected chi connectivity index (χ2v) is 4.01. The Balaban J connectivity index is 2.84. The second-order valence-electron chi connectivity index (χ2n) is 4.01. The molecule has 0 aromatic heterocycles. The topological polar surface area (TPSA) is 55.8 Å². The molecule has 0 spiro atoms. The Labute approximate surface area is 113 Å². The summed E-state index contributed by atoms with van der Waals surface area (Å²) in [7, 11) is 0. The fraction of sp³-hybridized carbons (Fsp3) is 0.400. The molecule has 1 rings (SSSR count). The first-order valence-corrected chi connectivity index (χ1v) is 6.48. The highest BCUT2D eigenvalue weighted by Gasteiger charge is 2.05. The van der Waals surface area contributed by atoms with E-state index in [0.717, 1.165) is 24.5 Å². The van der Waals surface area contributed by atoms with Crippen molar-refractivity contribution in [1.82, 2.24) is 0 Å². The summed E-state index contributed by atoms with van der Waals surface area (Å²) in [6.07, 6.45) is 4.69. The van der Waals surface area contributed by atoms with E-state index in [-0.39, 0.29) is 0 Å². The average molecular weight is 264 g/mol.